The van der Waals surface area contributed by atoms with Crippen molar-refractivity contribution in [2.75, 3.05) is 26.8 Å². The van der Waals surface area contributed by atoms with E-state index in [1.807, 2.05) is 55.9 Å². The number of guanidine groups is 1. The minimum atomic E-state index is 0. The average Bonchev–Trinajstić information content (AvgIpc) is 3.24. The second-order valence-electron chi connectivity index (χ2n) is 7.12. The van der Waals surface area contributed by atoms with Crippen molar-refractivity contribution in [3.05, 3.63) is 65.9 Å². The van der Waals surface area contributed by atoms with Gasteiger partial charge in [0.1, 0.15) is 11.6 Å². The molecule has 8 nitrogen and oxygen atoms in total. The SMILES string of the molecule is CCOc1ccc(CCNC(=NC)NCc2ccc(-n3ccnc3C)nc2)cc1OCC.I. The Kier molecular flexibility index (Phi) is 10.9. The first kappa shape index (κ1) is 26.4. The fourth-order valence-electron chi connectivity index (χ4n) is 3.27. The van der Waals surface area contributed by atoms with E-state index in [9.17, 15) is 0 Å². The summed E-state index contributed by atoms with van der Waals surface area (Å²) >= 11 is 0. The highest BCUT2D eigenvalue weighted by Gasteiger charge is 2.07. The standard InChI is InChI=1S/C24H32N6O2.HI/c1-5-31-21-9-7-19(15-22(21)32-6-2)11-12-27-24(25-4)29-17-20-8-10-23(28-16-20)30-14-13-26-18(30)3;/h7-10,13-16H,5-6,11-12,17H2,1-4H3,(H2,25,27,29);1H. The molecule has 0 aliphatic carbocycles. The molecule has 0 atom stereocenters. The third-order valence-electron chi connectivity index (χ3n) is 4.88. The molecule has 0 spiro atoms. The van der Waals surface area contributed by atoms with E-state index in [2.05, 4.69) is 37.7 Å². The molecule has 0 saturated carbocycles. The Bertz CT molecular complexity index is 1020. The Morgan fingerprint density at radius 3 is 2.39 bits per heavy atom. The fraction of sp³-hybridized carbons (Fsp3) is 0.375. The van der Waals surface area contributed by atoms with Crippen LogP contribution in [0.1, 0.15) is 30.8 Å². The number of hydrogen-bond acceptors (Lipinski definition) is 5. The monoisotopic (exact) mass is 564 g/mol. The summed E-state index contributed by atoms with van der Waals surface area (Å²) in [7, 11) is 1.77. The average molecular weight is 564 g/mol. The van der Waals surface area contributed by atoms with Crippen LogP contribution in [0.15, 0.2) is 53.9 Å². The van der Waals surface area contributed by atoms with E-state index >= 15 is 0 Å². The molecule has 0 bridgehead atoms. The van der Waals surface area contributed by atoms with Crippen LogP contribution in [0.3, 0.4) is 0 Å². The lowest BCUT2D eigenvalue weighted by Crippen LogP contribution is -2.37. The summed E-state index contributed by atoms with van der Waals surface area (Å²) in [6.45, 7) is 8.50. The first-order valence-electron chi connectivity index (χ1n) is 10.9. The van der Waals surface area contributed by atoms with Gasteiger partial charge in [0.15, 0.2) is 17.5 Å². The summed E-state index contributed by atoms with van der Waals surface area (Å²) in [5.41, 5.74) is 2.25. The van der Waals surface area contributed by atoms with Crippen LogP contribution in [-0.2, 0) is 13.0 Å². The van der Waals surface area contributed by atoms with Crippen LogP contribution >= 0.6 is 24.0 Å². The van der Waals surface area contributed by atoms with E-state index in [4.69, 9.17) is 9.47 Å². The molecule has 3 aromatic rings. The Balaban J connectivity index is 0.00000385. The zero-order valence-corrected chi connectivity index (χ0v) is 22.0. The van der Waals surface area contributed by atoms with Crippen molar-refractivity contribution in [3.8, 4) is 17.3 Å². The highest BCUT2D eigenvalue weighted by Crippen LogP contribution is 2.28. The minimum Gasteiger partial charge on any atom is -0.490 e. The van der Waals surface area contributed by atoms with E-state index < -0.39 is 0 Å². The first-order valence-corrected chi connectivity index (χ1v) is 10.9. The summed E-state index contributed by atoms with van der Waals surface area (Å²) in [4.78, 5) is 13.1. The molecule has 2 aromatic heterocycles. The molecule has 3 rings (SSSR count). The molecule has 0 unspecified atom stereocenters. The lowest BCUT2D eigenvalue weighted by atomic mass is 10.1. The van der Waals surface area contributed by atoms with Crippen LogP contribution in [-0.4, -0.2) is 47.3 Å². The summed E-state index contributed by atoms with van der Waals surface area (Å²) in [5.74, 6) is 4.08. The maximum absolute atomic E-state index is 5.71. The van der Waals surface area contributed by atoms with Crippen LogP contribution in [0, 0.1) is 6.92 Å². The van der Waals surface area contributed by atoms with Crippen molar-refractivity contribution in [3.63, 3.8) is 0 Å². The van der Waals surface area contributed by atoms with Crippen LogP contribution < -0.4 is 20.1 Å². The van der Waals surface area contributed by atoms with Crippen molar-refractivity contribution in [1.82, 2.24) is 25.2 Å². The van der Waals surface area contributed by atoms with Gasteiger partial charge in [-0.15, -0.1) is 24.0 Å². The topological polar surface area (TPSA) is 85.6 Å². The van der Waals surface area contributed by atoms with Crippen LogP contribution in [0.5, 0.6) is 11.5 Å². The van der Waals surface area contributed by atoms with Crippen LogP contribution in [0.4, 0.5) is 0 Å². The lowest BCUT2D eigenvalue weighted by molar-refractivity contribution is 0.287. The molecule has 0 aliphatic heterocycles. The zero-order chi connectivity index (χ0) is 22.8. The molecule has 33 heavy (non-hydrogen) atoms. The molecule has 1 aromatic carbocycles. The summed E-state index contributed by atoms with van der Waals surface area (Å²) in [6.07, 6.45) is 6.38. The van der Waals surface area contributed by atoms with Gasteiger partial charge in [0.2, 0.25) is 0 Å². The summed E-state index contributed by atoms with van der Waals surface area (Å²) < 4.78 is 13.3. The van der Waals surface area contributed by atoms with E-state index in [-0.39, 0.29) is 24.0 Å². The molecule has 2 N–H and O–H groups in total. The quantitative estimate of drug-likeness (QED) is 0.221. The van der Waals surface area contributed by atoms with Gasteiger partial charge in [-0.25, -0.2) is 9.97 Å². The summed E-state index contributed by atoms with van der Waals surface area (Å²) in [6, 6.07) is 10.1. The molecule has 0 amide bonds. The molecule has 0 saturated heterocycles. The molecular formula is C24H33IN6O2. The van der Waals surface area contributed by atoms with Gasteiger partial charge in [0.25, 0.3) is 0 Å². The number of ether oxygens (including phenoxy) is 2. The number of aliphatic imine (C=N–C) groups is 1. The Morgan fingerprint density at radius 1 is 1.00 bits per heavy atom. The summed E-state index contributed by atoms with van der Waals surface area (Å²) in [5, 5.41) is 6.68. The van der Waals surface area contributed by atoms with Gasteiger partial charge >= 0.3 is 0 Å². The van der Waals surface area contributed by atoms with Crippen molar-refractivity contribution in [2.24, 2.45) is 4.99 Å². The molecule has 0 fully saturated rings. The van der Waals surface area contributed by atoms with E-state index in [0.717, 1.165) is 47.6 Å². The maximum atomic E-state index is 5.71. The number of aryl methyl sites for hydroxylation is 1. The van der Waals surface area contributed by atoms with Gasteiger partial charge in [-0.05, 0) is 56.5 Å². The second kappa shape index (κ2) is 13.7. The Morgan fingerprint density at radius 2 is 1.76 bits per heavy atom. The number of rotatable bonds is 10. The second-order valence-corrected chi connectivity index (χ2v) is 7.12. The Hall–Kier alpha value is -2.82. The third-order valence-corrected chi connectivity index (χ3v) is 4.88. The number of benzene rings is 1. The van der Waals surface area contributed by atoms with Crippen molar-refractivity contribution in [1.29, 1.82) is 0 Å². The highest BCUT2D eigenvalue weighted by molar-refractivity contribution is 14.0. The van der Waals surface area contributed by atoms with Gasteiger partial charge < -0.3 is 20.1 Å². The van der Waals surface area contributed by atoms with Gasteiger partial charge in [-0.3, -0.25) is 9.56 Å². The number of aromatic nitrogens is 3. The van der Waals surface area contributed by atoms with Crippen molar-refractivity contribution >= 4 is 29.9 Å². The first-order chi connectivity index (χ1) is 15.6. The predicted molar refractivity (Wildman–Crippen MR) is 142 cm³/mol. The predicted octanol–water partition coefficient (Wildman–Crippen LogP) is 3.90. The van der Waals surface area contributed by atoms with Crippen LogP contribution in [0.25, 0.3) is 5.82 Å². The van der Waals surface area contributed by atoms with Gasteiger partial charge in [-0.2, -0.15) is 0 Å². The zero-order valence-electron chi connectivity index (χ0n) is 19.7. The number of halogens is 1. The number of nitrogens with zero attached hydrogens (tertiary/aromatic N) is 4. The maximum Gasteiger partial charge on any atom is 0.191 e. The van der Waals surface area contributed by atoms with Crippen molar-refractivity contribution in [2.45, 2.75) is 33.7 Å². The molecule has 0 radical (unpaired) electrons. The molecule has 9 heteroatoms. The number of pyridine rings is 1. The minimum absolute atomic E-state index is 0. The lowest BCUT2D eigenvalue weighted by Gasteiger charge is -2.14. The van der Waals surface area contributed by atoms with Gasteiger partial charge in [0, 0.05) is 38.7 Å². The highest BCUT2D eigenvalue weighted by atomic mass is 127. The number of hydrogen-bond donors (Lipinski definition) is 2. The fourth-order valence-corrected chi connectivity index (χ4v) is 3.27. The normalized spacial score (nSPS) is 11.0. The molecular weight excluding hydrogens is 531 g/mol. The van der Waals surface area contributed by atoms with Gasteiger partial charge in [0.05, 0.1) is 13.2 Å². The van der Waals surface area contributed by atoms with E-state index in [0.29, 0.717) is 19.8 Å². The van der Waals surface area contributed by atoms with Crippen molar-refractivity contribution < 1.29 is 9.47 Å². The van der Waals surface area contributed by atoms with E-state index in [1.165, 1.54) is 5.56 Å². The van der Waals surface area contributed by atoms with Gasteiger partial charge in [-0.1, -0.05) is 12.1 Å². The number of nitrogens with one attached hydrogen (secondary N) is 2. The smallest absolute Gasteiger partial charge is 0.191 e. The molecule has 2 heterocycles. The largest absolute Gasteiger partial charge is 0.490 e. The number of imidazole rings is 1. The van der Waals surface area contributed by atoms with E-state index in [1.54, 1.807) is 13.2 Å². The van der Waals surface area contributed by atoms with Crippen LogP contribution in [0.2, 0.25) is 0 Å². The third kappa shape index (κ3) is 7.62. The molecule has 178 valence electrons. The Labute approximate surface area is 212 Å². The molecule has 0 aliphatic rings.